The van der Waals surface area contributed by atoms with Crippen molar-refractivity contribution in [1.29, 1.82) is 0 Å². The zero-order chi connectivity index (χ0) is 16.4. The normalized spacial score (nSPS) is 12.3. The maximum atomic E-state index is 13.6. The summed E-state index contributed by atoms with van der Waals surface area (Å²) in [5, 5.41) is 6.51. The average molecular weight is 325 g/mol. The number of hydrogen-bond acceptors (Lipinski definition) is 3. The number of nitrogens with one attached hydrogen (secondary N) is 1. The van der Waals surface area contributed by atoms with Crippen LogP contribution in [-0.4, -0.2) is 20.9 Å². The minimum Gasteiger partial charge on any atom is -0.322 e. The van der Waals surface area contributed by atoms with Gasteiger partial charge in [-0.25, -0.2) is 8.78 Å². The Labute approximate surface area is 131 Å². The van der Waals surface area contributed by atoms with Gasteiger partial charge in [0, 0.05) is 18.0 Å². The fourth-order valence-corrected chi connectivity index (χ4v) is 2.86. The van der Waals surface area contributed by atoms with E-state index in [1.807, 2.05) is 6.92 Å². The van der Waals surface area contributed by atoms with Gasteiger partial charge in [0.05, 0.1) is 22.3 Å². The van der Waals surface area contributed by atoms with Crippen LogP contribution in [0.4, 0.5) is 14.5 Å². The van der Waals surface area contributed by atoms with E-state index in [9.17, 15) is 13.6 Å². The number of halogens is 2. The topological polar surface area (TPSA) is 46.9 Å². The zero-order valence-corrected chi connectivity index (χ0v) is 13.6. The maximum Gasteiger partial charge on any atom is 0.237 e. The lowest BCUT2D eigenvalue weighted by Gasteiger charge is -2.12. The Kier molecular flexibility index (Phi) is 4.85. The molecule has 0 saturated heterocycles. The maximum absolute atomic E-state index is 13.6. The summed E-state index contributed by atoms with van der Waals surface area (Å²) in [5.41, 5.74) is 2.23. The van der Waals surface area contributed by atoms with Crippen LogP contribution in [-0.2, 0) is 11.8 Å². The number of hydrogen-bond donors (Lipinski definition) is 1. The van der Waals surface area contributed by atoms with E-state index >= 15 is 0 Å². The number of carbonyl (C=O) groups is 1. The Hall–Kier alpha value is -1.89. The quantitative estimate of drug-likeness (QED) is 0.876. The van der Waals surface area contributed by atoms with Crippen molar-refractivity contribution in [3.63, 3.8) is 0 Å². The predicted molar refractivity (Wildman–Crippen MR) is 83.0 cm³/mol. The Balaban J connectivity index is 2.09. The molecule has 0 aliphatic carbocycles. The van der Waals surface area contributed by atoms with E-state index in [-0.39, 0.29) is 10.8 Å². The Bertz CT molecular complexity index is 715. The lowest BCUT2D eigenvalue weighted by atomic mass is 10.3. The van der Waals surface area contributed by atoms with Crippen molar-refractivity contribution in [3.05, 3.63) is 41.2 Å². The van der Waals surface area contributed by atoms with E-state index in [2.05, 4.69) is 10.4 Å². The molecule has 0 radical (unpaired) electrons. The van der Waals surface area contributed by atoms with E-state index in [0.717, 1.165) is 29.2 Å². The Morgan fingerprint density at radius 3 is 2.59 bits per heavy atom. The number of carbonyl (C=O) groups excluding carboxylic acids is 1. The highest BCUT2D eigenvalue weighted by molar-refractivity contribution is 8.00. The van der Waals surface area contributed by atoms with E-state index in [0.29, 0.717) is 5.69 Å². The molecule has 4 nitrogen and oxygen atoms in total. The SMILES string of the molecule is Cc1nn(C)c(C)c1NC(=O)[C@H](C)Sc1ccc(F)cc1F. The van der Waals surface area contributed by atoms with Gasteiger partial charge >= 0.3 is 0 Å². The van der Waals surface area contributed by atoms with Gasteiger partial charge in [-0.1, -0.05) is 0 Å². The second-order valence-corrected chi connectivity index (χ2v) is 6.38. The summed E-state index contributed by atoms with van der Waals surface area (Å²) in [7, 11) is 1.80. The van der Waals surface area contributed by atoms with Crippen molar-refractivity contribution in [2.45, 2.75) is 30.9 Å². The van der Waals surface area contributed by atoms with Crippen molar-refractivity contribution < 1.29 is 13.6 Å². The number of aryl methyl sites for hydroxylation is 2. The molecular formula is C15H17F2N3OS. The van der Waals surface area contributed by atoms with Gasteiger partial charge in [0.15, 0.2) is 0 Å². The molecule has 0 aliphatic rings. The number of aromatic nitrogens is 2. The number of thioether (sulfide) groups is 1. The summed E-state index contributed by atoms with van der Waals surface area (Å²) in [6.07, 6.45) is 0. The first-order valence-corrected chi connectivity index (χ1v) is 7.60. The fraction of sp³-hybridized carbons (Fsp3) is 0.333. The van der Waals surface area contributed by atoms with Gasteiger partial charge in [0.25, 0.3) is 0 Å². The first kappa shape index (κ1) is 16.5. The molecule has 0 saturated carbocycles. The molecule has 22 heavy (non-hydrogen) atoms. The van der Waals surface area contributed by atoms with E-state index in [1.165, 1.54) is 12.1 Å². The molecule has 1 atom stereocenters. The van der Waals surface area contributed by atoms with Crippen molar-refractivity contribution in [1.82, 2.24) is 9.78 Å². The summed E-state index contributed by atoms with van der Waals surface area (Å²) < 4.78 is 28.2. The molecular weight excluding hydrogens is 308 g/mol. The van der Waals surface area contributed by atoms with Crippen LogP contribution in [0.15, 0.2) is 23.1 Å². The lowest BCUT2D eigenvalue weighted by molar-refractivity contribution is -0.115. The minimum absolute atomic E-state index is 0.240. The Morgan fingerprint density at radius 2 is 2.05 bits per heavy atom. The van der Waals surface area contributed by atoms with E-state index in [1.54, 1.807) is 25.6 Å². The summed E-state index contributed by atoms with van der Waals surface area (Å²) in [6, 6.07) is 3.31. The van der Waals surface area contributed by atoms with Crippen LogP contribution in [0.2, 0.25) is 0 Å². The first-order chi connectivity index (χ1) is 10.3. The van der Waals surface area contributed by atoms with Crippen LogP contribution in [0, 0.1) is 25.5 Å². The molecule has 0 unspecified atom stereocenters. The molecule has 1 aromatic carbocycles. The molecule has 118 valence electrons. The third-order valence-corrected chi connectivity index (χ3v) is 4.48. The summed E-state index contributed by atoms with van der Waals surface area (Å²) in [4.78, 5) is 12.5. The smallest absolute Gasteiger partial charge is 0.237 e. The van der Waals surface area contributed by atoms with Gasteiger partial charge in [-0.15, -0.1) is 11.8 Å². The average Bonchev–Trinajstić information content (AvgIpc) is 2.68. The van der Waals surface area contributed by atoms with Crippen LogP contribution in [0.25, 0.3) is 0 Å². The van der Waals surface area contributed by atoms with Gasteiger partial charge in [-0.2, -0.15) is 5.10 Å². The molecule has 0 fully saturated rings. The summed E-state index contributed by atoms with van der Waals surface area (Å²) in [5.74, 6) is -1.56. The van der Waals surface area contributed by atoms with Gasteiger partial charge in [0.1, 0.15) is 11.6 Å². The molecule has 2 rings (SSSR count). The van der Waals surface area contributed by atoms with Gasteiger partial charge in [-0.3, -0.25) is 9.48 Å². The van der Waals surface area contributed by atoms with Crippen LogP contribution in [0.3, 0.4) is 0 Å². The molecule has 1 heterocycles. The highest BCUT2D eigenvalue weighted by Crippen LogP contribution is 2.28. The highest BCUT2D eigenvalue weighted by atomic mass is 32.2. The van der Waals surface area contributed by atoms with Gasteiger partial charge in [-0.05, 0) is 32.9 Å². The number of amides is 1. The third kappa shape index (κ3) is 3.47. The van der Waals surface area contributed by atoms with Crippen LogP contribution < -0.4 is 5.32 Å². The van der Waals surface area contributed by atoms with Crippen molar-refractivity contribution in [2.75, 3.05) is 5.32 Å². The van der Waals surface area contributed by atoms with Crippen molar-refractivity contribution in [2.24, 2.45) is 7.05 Å². The Morgan fingerprint density at radius 1 is 1.36 bits per heavy atom. The second-order valence-electron chi connectivity index (χ2n) is 4.99. The first-order valence-electron chi connectivity index (χ1n) is 6.72. The molecule has 1 amide bonds. The van der Waals surface area contributed by atoms with Gasteiger partial charge < -0.3 is 5.32 Å². The largest absolute Gasteiger partial charge is 0.322 e. The third-order valence-electron chi connectivity index (χ3n) is 3.32. The zero-order valence-electron chi connectivity index (χ0n) is 12.8. The molecule has 0 aliphatic heterocycles. The minimum atomic E-state index is -0.668. The molecule has 1 N–H and O–H groups in total. The lowest BCUT2D eigenvalue weighted by Crippen LogP contribution is -2.23. The molecule has 7 heteroatoms. The van der Waals surface area contributed by atoms with Crippen LogP contribution in [0.1, 0.15) is 18.3 Å². The fourth-order valence-electron chi connectivity index (χ4n) is 1.99. The number of anilines is 1. The van der Waals surface area contributed by atoms with Crippen LogP contribution in [0.5, 0.6) is 0 Å². The van der Waals surface area contributed by atoms with E-state index < -0.39 is 16.9 Å². The molecule has 0 spiro atoms. The monoisotopic (exact) mass is 325 g/mol. The van der Waals surface area contributed by atoms with E-state index in [4.69, 9.17) is 0 Å². The number of benzene rings is 1. The standard InChI is InChI=1S/C15H17F2N3OS/c1-8-14(9(2)20(4)19-8)18-15(21)10(3)22-13-6-5-11(16)7-12(13)17/h5-7,10H,1-4H3,(H,18,21)/t10-/m0/s1. The molecule has 0 bridgehead atoms. The van der Waals surface area contributed by atoms with Gasteiger partial charge in [0.2, 0.25) is 5.91 Å². The second kappa shape index (κ2) is 6.48. The highest BCUT2D eigenvalue weighted by Gasteiger charge is 2.19. The summed E-state index contributed by atoms with van der Waals surface area (Å²) >= 11 is 1.04. The number of rotatable bonds is 4. The molecule has 2 aromatic rings. The predicted octanol–water partition coefficient (Wildman–Crippen LogP) is 3.43. The number of nitrogens with zero attached hydrogens (tertiary/aromatic N) is 2. The van der Waals surface area contributed by atoms with Crippen LogP contribution >= 0.6 is 11.8 Å². The summed E-state index contributed by atoms with van der Waals surface area (Å²) in [6.45, 7) is 5.33. The van der Waals surface area contributed by atoms with Crippen molar-refractivity contribution >= 4 is 23.4 Å². The van der Waals surface area contributed by atoms with Crippen molar-refractivity contribution in [3.8, 4) is 0 Å². The molecule has 1 aromatic heterocycles.